The summed E-state index contributed by atoms with van der Waals surface area (Å²) in [5, 5.41) is 0. The number of nitrogens with zero attached hydrogens (tertiary/aromatic N) is 1. The number of methoxy groups -OCH3 is 1. The number of carbonyl (C=O) groups excluding carboxylic acids is 1. The lowest BCUT2D eigenvalue weighted by Gasteiger charge is -2.03. The zero-order valence-corrected chi connectivity index (χ0v) is 11.5. The molecular formula is C17H15NO2. The monoisotopic (exact) mass is 265 g/mol. The zero-order chi connectivity index (χ0) is 14.1. The second kappa shape index (κ2) is 4.85. The van der Waals surface area contributed by atoms with Gasteiger partial charge in [0.1, 0.15) is 5.75 Å². The largest absolute Gasteiger partial charge is 0.497 e. The summed E-state index contributed by atoms with van der Waals surface area (Å²) in [6, 6.07) is 13.8. The molecular weight excluding hydrogens is 250 g/mol. The highest BCUT2D eigenvalue weighted by atomic mass is 16.5. The summed E-state index contributed by atoms with van der Waals surface area (Å²) >= 11 is 0. The normalized spacial score (nSPS) is 10.7. The van der Waals surface area contributed by atoms with Crippen LogP contribution < -0.4 is 4.74 Å². The van der Waals surface area contributed by atoms with Crippen LogP contribution in [0.1, 0.15) is 16.1 Å². The van der Waals surface area contributed by atoms with Crippen molar-refractivity contribution in [2.24, 2.45) is 0 Å². The Hall–Kier alpha value is -2.55. The molecule has 0 saturated carbocycles. The predicted octanol–water partition coefficient (Wildman–Crippen LogP) is 3.74. The number of aldehydes is 1. The molecule has 20 heavy (non-hydrogen) atoms. The van der Waals surface area contributed by atoms with Crippen LogP contribution in [-0.2, 0) is 0 Å². The van der Waals surface area contributed by atoms with Gasteiger partial charge in [-0.2, -0.15) is 0 Å². The molecule has 3 heteroatoms. The average molecular weight is 265 g/mol. The van der Waals surface area contributed by atoms with Crippen LogP contribution in [0.25, 0.3) is 16.6 Å². The maximum atomic E-state index is 11.5. The molecule has 0 radical (unpaired) electrons. The lowest BCUT2D eigenvalue weighted by Crippen LogP contribution is -1.93. The quantitative estimate of drug-likeness (QED) is 0.675. The van der Waals surface area contributed by atoms with Crippen LogP contribution in [0.15, 0.2) is 48.7 Å². The maximum absolute atomic E-state index is 11.5. The van der Waals surface area contributed by atoms with Crippen LogP contribution >= 0.6 is 0 Å². The van der Waals surface area contributed by atoms with Crippen LogP contribution in [0.3, 0.4) is 0 Å². The SMILES string of the molecule is COc1ccc(-c2cc3ccc(C)cn3c2C=O)cc1. The number of aryl methyl sites for hydroxylation is 1. The van der Waals surface area contributed by atoms with E-state index in [2.05, 4.69) is 0 Å². The van der Waals surface area contributed by atoms with Crippen molar-refractivity contribution in [1.29, 1.82) is 0 Å². The summed E-state index contributed by atoms with van der Waals surface area (Å²) in [4.78, 5) is 11.5. The fourth-order valence-electron chi connectivity index (χ4n) is 2.42. The molecule has 0 spiro atoms. The van der Waals surface area contributed by atoms with E-state index in [0.717, 1.165) is 34.2 Å². The van der Waals surface area contributed by atoms with Gasteiger partial charge in [0.25, 0.3) is 0 Å². The molecule has 100 valence electrons. The van der Waals surface area contributed by atoms with Crippen LogP contribution in [0, 0.1) is 6.92 Å². The Morgan fingerprint density at radius 2 is 1.85 bits per heavy atom. The fraction of sp³-hybridized carbons (Fsp3) is 0.118. The third-order valence-corrected chi connectivity index (χ3v) is 3.47. The van der Waals surface area contributed by atoms with Crippen LogP contribution in [0.2, 0.25) is 0 Å². The van der Waals surface area contributed by atoms with Crippen LogP contribution in [0.5, 0.6) is 5.75 Å². The first-order valence-corrected chi connectivity index (χ1v) is 6.44. The maximum Gasteiger partial charge on any atom is 0.167 e. The van der Waals surface area contributed by atoms with Crippen molar-refractivity contribution in [2.75, 3.05) is 7.11 Å². The van der Waals surface area contributed by atoms with Crippen molar-refractivity contribution < 1.29 is 9.53 Å². The van der Waals surface area contributed by atoms with E-state index >= 15 is 0 Å². The second-order valence-electron chi connectivity index (χ2n) is 4.79. The van der Waals surface area contributed by atoms with Gasteiger partial charge in [-0.1, -0.05) is 18.2 Å². The van der Waals surface area contributed by atoms with E-state index in [0.29, 0.717) is 5.69 Å². The molecule has 0 aliphatic rings. The summed E-state index contributed by atoms with van der Waals surface area (Å²) in [6.45, 7) is 2.01. The summed E-state index contributed by atoms with van der Waals surface area (Å²) in [5.41, 5.74) is 4.76. The summed E-state index contributed by atoms with van der Waals surface area (Å²) in [7, 11) is 1.64. The minimum absolute atomic E-state index is 0.675. The van der Waals surface area contributed by atoms with E-state index in [1.54, 1.807) is 7.11 Å². The minimum atomic E-state index is 0.675. The van der Waals surface area contributed by atoms with Gasteiger partial charge in [0, 0.05) is 17.3 Å². The summed E-state index contributed by atoms with van der Waals surface area (Å²) < 4.78 is 7.09. The van der Waals surface area contributed by atoms with Gasteiger partial charge in [-0.15, -0.1) is 0 Å². The number of hydrogen-bond acceptors (Lipinski definition) is 2. The topological polar surface area (TPSA) is 30.7 Å². The van der Waals surface area contributed by atoms with Gasteiger partial charge in [0.05, 0.1) is 12.8 Å². The van der Waals surface area contributed by atoms with Gasteiger partial charge in [-0.3, -0.25) is 4.79 Å². The van der Waals surface area contributed by atoms with E-state index in [1.165, 1.54) is 0 Å². The zero-order valence-electron chi connectivity index (χ0n) is 11.5. The van der Waals surface area contributed by atoms with E-state index < -0.39 is 0 Å². The molecule has 1 aromatic carbocycles. The Morgan fingerprint density at radius 3 is 2.50 bits per heavy atom. The third-order valence-electron chi connectivity index (χ3n) is 3.47. The minimum Gasteiger partial charge on any atom is -0.497 e. The molecule has 0 aliphatic carbocycles. The first-order valence-electron chi connectivity index (χ1n) is 6.44. The highest BCUT2D eigenvalue weighted by Crippen LogP contribution is 2.28. The molecule has 2 heterocycles. The van der Waals surface area contributed by atoms with Gasteiger partial charge < -0.3 is 9.14 Å². The highest BCUT2D eigenvalue weighted by molar-refractivity contribution is 5.89. The van der Waals surface area contributed by atoms with Crippen LogP contribution in [-0.4, -0.2) is 17.8 Å². The van der Waals surface area contributed by atoms with E-state index in [9.17, 15) is 4.79 Å². The number of fused-ring (bicyclic) bond motifs is 1. The molecule has 0 N–H and O–H groups in total. The molecule has 0 unspecified atom stereocenters. The van der Waals surface area contributed by atoms with Crippen LogP contribution in [0.4, 0.5) is 0 Å². The number of carbonyl (C=O) groups is 1. The molecule has 0 aliphatic heterocycles. The molecule has 0 amide bonds. The van der Waals surface area contributed by atoms with Crippen molar-refractivity contribution in [3.63, 3.8) is 0 Å². The van der Waals surface area contributed by atoms with Crippen molar-refractivity contribution in [2.45, 2.75) is 6.92 Å². The highest BCUT2D eigenvalue weighted by Gasteiger charge is 2.11. The molecule has 0 atom stereocenters. The smallest absolute Gasteiger partial charge is 0.167 e. The number of pyridine rings is 1. The standard InChI is InChI=1S/C17H15NO2/c1-12-3-6-14-9-16(17(11-19)18(14)10-12)13-4-7-15(20-2)8-5-13/h3-11H,1-2H3. The van der Waals surface area contributed by atoms with Gasteiger partial charge in [0.2, 0.25) is 0 Å². The van der Waals surface area contributed by atoms with Crippen molar-refractivity contribution in [3.05, 3.63) is 59.9 Å². The Morgan fingerprint density at radius 1 is 1.10 bits per heavy atom. The van der Waals surface area contributed by atoms with E-state index in [-0.39, 0.29) is 0 Å². The number of aromatic nitrogens is 1. The fourth-order valence-corrected chi connectivity index (χ4v) is 2.42. The third kappa shape index (κ3) is 1.97. The van der Waals surface area contributed by atoms with Gasteiger partial charge in [0.15, 0.2) is 6.29 Å². The Kier molecular flexibility index (Phi) is 3.03. The Bertz CT molecular complexity index is 770. The molecule has 3 nitrogen and oxygen atoms in total. The lowest BCUT2D eigenvalue weighted by molar-refractivity contribution is 0.111. The number of rotatable bonds is 3. The molecule has 0 bridgehead atoms. The lowest BCUT2D eigenvalue weighted by atomic mass is 10.1. The number of ether oxygens (including phenoxy) is 1. The predicted molar refractivity (Wildman–Crippen MR) is 79.5 cm³/mol. The average Bonchev–Trinajstić information content (AvgIpc) is 2.85. The van der Waals surface area contributed by atoms with E-state index in [4.69, 9.17) is 4.74 Å². The van der Waals surface area contributed by atoms with Crippen molar-refractivity contribution in [3.8, 4) is 16.9 Å². The molecule has 0 saturated heterocycles. The van der Waals surface area contributed by atoms with E-state index in [1.807, 2.05) is 60.0 Å². The Labute approximate surface area is 117 Å². The Balaban J connectivity index is 2.21. The first-order chi connectivity index (χ1) is 9.72. The summed E-state index contributed by atoms with van der Waals surface area (Å²) in [6.07, 6.45) is 2.89. The number of hydrogen-bond donors (Lipinski definition) is 0. The van der Waals surface area contributed by atoms with Gasteiger partial charge in [-0.25, -0.2) is 0 Å². The second-order valence-corrected chi connectivity index (χ2v) is 4.79. The summed E-state index contributed by atoms with van der Waals surface area (Å²) in [5.74, 6) is 0.806. The first kappa shape index (κ1) is 12.5. The van der Waals surface area contributed by atoms with Crippen molar-refractivity contribution in [1.82, 2.24) is 4.40 Å². The molecule has 2 aromatic heterocycles. The van der Waals surface area contributed by atoms with Gasteiger partial charge >= 0.3 is 0 Å². The number of benzene rings is 1. The molecule has 3 rings (SSSR count). The molecule has 0 fully saturated rings. The van der Waals surface area contributed by atoms with Gasteiger partial charge in [-0.05, 0) is 42.3 Å². The van der Waals surface area contributed by atoms with Crippen molar-refractivity contribution >= 4 is 11.8 Å². The molecule has 3 aromatic rings.